The number of piperidine rings is 1. The van der Waals surface area contributed by atoms with Gasteiger partial charge in [-0.25, -0.2) is 8.42 Å². The summed E-state index contributed by atoms with van der Waals surface area (Å²) in [7, 11) is -4.10. The minimum atomic E-state index is -4.10. The van der Waals surface area contributed by atoms with Gasteiger partial charge >= 0.3 is 0 Å². The number of nitro groups is 1. The van der Waals surface area contributed by atoms with Gasteiger partial charge in [0.05, 0.1) is 4.92 Å². The van der Waals surface area contributed by atoms with Crippen LogP contribution < -0.4 is 0 Å². The highest BCUT2D eigenvalue weighted by Gasteiger charge is 2.39. The summed E-state index contributed by atoms with van der Waals surface area (Å²) < 4.78 is 27.4. The summed E-state index contributed by atoms with van der Waals surface area (Å²) in [4.78, 5) is 39.7. The van der Waals surface area contributed by atoms with Crippen molar-refractivity contribution >= 4 is 27.5 Å². The number of rotatable bonds is 6. The molecule has 0 spiro atoms. The van der Waals surface area contributed by atoms with Crippen molar-refractivity contribution in [3.05, 3.63) is 70.3 Å². The number of carbonyl (C=O) groups excluding carboxylic acids is 2. The maximum atomic E-state index is 13.6. The molecular weight excluding hydrogens is 460 g/mol. The Balaban J connectivity index is 1.53. The number of nitrogens with zero attached hydrogens (tertiary/aromatic N) is 4. The van der Waals surface area contributed by atoms with Crippen molar-refractivity contribution in [3.8, 4) is 0 Å². The van der Waals surface area contributed by atoms with E-state index >= 15 is 0 Å². The summed E-state index contributed by atoms with van der Waals surface area (Å²) in [5, 5.41) is 11.3. The first-order valence-electron chi connectivity index (χ1n) is 11.2. The van der Waals surface area contributed by atoms with E-state index in [0.717, 1.165) is 24.5 Å². The molecule has 2 fully saturated rings. The first-order valence-corrected chi connectivity index (χ1v) is 12.6. The third-order valence-electron chi connectivity index (χ3n) is 6.25. The molecule has 1 atom stereocenters. The van der Waals surface area contributed by atoms with Crippen LogP contribution in [0.3, 0.4) is 0 Å². The topological polar surface area (TPSA) is 121 Å². The molecule has 10 nitrogen and oxygen atoms in total. The summed E-state index contributed by atoms with van der Waals surface area (Å²) in [6.07, 6.45) is 2.02. The highest BCUT2D eigenvalue weighted by atomic mass is 32.2. The lowest BCUT2D eigenvalue weighted by Crippen LogP contribution is -2.54. The Morgan fingerprint density at radius 1 is 0.912 bits per heavy atom. The van der Waals surface area contributed by atoms with Crippen LogP contribution in [0.15, 0.2) is 59.5 Å². The zero-order chi connectivity index (χ0) is 24.3. The van der Waals surface area contributed by atoms with Crippen molar-refractivity contribution in [2.24, 2.45) is 0 Å². The van der Waals surface area contributed by atoms with Gasteiger partial charge in [0, 0.05) is 45.2 Å². The predicted octanol–water partition coefficient (Wildman–Crippen LogP) is 2.18. The van der Waals surface area contributed by atoms with Crippen molar-refractivity contribution in [3.63, 3.8) is 0 Å². The van der Waals surface area contributed by atoms with Gasteiger partial charge in [0.25, 0.3) is 5.69 Å². The molecule has 180 valence electrons. The second kappa shape index (κ2) is 9.90. The Bertz CT molecular complexity index is 1180. The lowest BCUT2D eigenvalue weighted by molar-refractivity contribution is -0.387. The number of benzene rings is 2. The molecule has 2 aliphatic rings. The fourth-order valence-corrected chi connectivity index (χ4v) is 6.06. The van der Waals surface area contributed by atoms with Gasteiger partial charge in [0.1, 0.15) is 6.04 Å². The Kier molecular flexibility index (Phi) is 6.94. The monoisotopic (exact) mass is 486 g/mol. The number of hydrogen-bond acceptors (Lipinski definition) is 6. The fourth-order valence-electron chi connectivity index (χ4n) is 4.48. The van der Waals surface area contributed by atoms with Crippen LogP contribution in [0, 0.1) is 10.1 Å². The van der Waals surface area contributed by atoms with Gasteiger partial charge in [0.15, 0.2) is 4.90 Å². The number of sulfonamides is 1. The lowest BCUT2D eigenvalue weighted by atomic mass is 9.99. The zero-order valence-electron chi connectivity index (χ0n) is 18.6. The second-order valence-electron chi connectivity index (χ2n) is 8.31. The van der Waals surface area contributed by atoms with Crippen molar-refractivity contribution < 1.29 is 22.9 Å². The van der Waals surface area contributed by atoms with Crippen molar-refractivity contribution in [1.29, 1.82) is 0 Å². The summed E-state index contributed by atoms with van der Waals surface area (Å²) in [6, 6.07) is 13.6. The van der Waals surface area contributed by atoms with Crippen LogP contribution in [0.2, 0.25) is 0 Å². The molecule has 1 unspecified atom stereocenters. The number of piperazine rings is 1. The molecule has 0 saturated carbocycles. The minimum absolute atomic E-state index is 0.00950. The summed E-state index contributed by atoms with van der Waals surface area (Å²) in [6.45, 7) is 0.773. The van der Waals surface area contributed by atoms with Crippen LogP contribution in [0.4, 0.5) is 5.69 Å². The van der Waals surface area contributed by atoms with E-state index in [1.54, 1.807) is 9.80 Å². The van der Waals surface area contributed by atoms with Crippen LogP contribution in [0.25, 0.3) is 0 Å². The third kappa shape index (κ3) is 4.66. The highest BCUT2D eigenvalue weighted by molar-refractivity contribution is 7.89. The Labute approximate surface area is 198 Å². The Morgan fingerprint density at radius 3 is 2.21 bits per heavy atom. The summed E-state index contributed by atoms with van der Waals surface area (Å²) >= 11 is 0. The number of para-hydroxylation sites is 1. The van der Waals surface area contributed by atoms with E-state index in [1.807, 2.05) is 30.3 Å². The highest BCUT2D eigenvalue weighted by Crippen LogP contribution is 2.30. The largest absolute Gasteiger partial charge is 0.338 e. The molecule has 2 saturated heterocycles. The van der Waals surface area contributed by atoms with Crippen LogP contribution in [0.1, 0.15) is 30.9 Å². The average Bonchev–Trinajstić information content (AvgIpc) is 2.86. The van der Waals surface area contributed by atoms with Gasteiger partial charge in [-0.15, -0.1) is 0 Å². The summed E-state index contributed by atoms with van der Waals surface area (Å²) in [5.41, 5.74) is 0.242. The van der Waals surface area contributed by atoms with Gasteiger partial charge in [0.2, 0.25) is 21.8 Å². The number of nitro benzene ring substituents is 1. The SMILES string of the molecule is O=C(C(c1ccccc1)N1CCCCC1=O)N1CCN(S(=O)(=O)c2ccccc2[N+](=O)[O-])CC1. The quantitative estimate of drug-likeness (QED) is 0.456. The van der Waals surface area contributed by atoms with Gasteiger partial charge < -0.3 is 9.80 Å². The van der Waals surface area contributed by atoms with Crippen molar-refractivity contribution in [1.82, 2.24) is 14.1 Å². The number of carbonyl (C=O) groups is 2. The normalized spacial score (nSPS) is 18.5. The lowest BCUT2D eigenvalue weighted by Gasteiger charge is -2.40. The average molecular weight is 487 g/mol. The smallest absolute Gasteiger partial charge is 0.289 e. The first-order chi connectivity index (χ1) is 16.3. The van der Waals surface area contributed by atoms with Crippen LogP contribution in [0.5, 0.6) is 0 Å². The second-order valence-corrected chi connectivity index (χ2v) is 10.2. The number of amides is 2. The molecule has 0 bridgehead atoms. The predicted molar refractivity (Wildman–Crippen MR) is 123 cm³/mol. The molecule has 0 radical (unpaired) electrons. The van der Waals surface area contributed by atoms with Crippen LogP contribution in [-0.2, 0) is 19.6 Å². The maximum absolute atomic E-state index is 13.6. The summed E-state index contributed by atoms with van der Waals surface area (Å²) in [5.74, 6) is -0.310. The Hall–Kier alpha value is -3.31. The molecular formula is C23H26N4O6S. The zero-order valence-corrected chi connectivity index (χ0v) is 19.4. The molecule has 0 aliphatic carbocycles. The van der Waals surface area contributed by atoms with Gasteiger partial charge in [-0.05, 0) is 24.5 Å². The van der Waals surface area contributed by atoms with E-state index in [0.29, 0.717) is 13.0 Å². The standard InChI is InChI=1S/C23H26N4O6S/c28-21-12-6-7-13-26(21)22(18-8-2-1-3-9-18)23(29)24-14-16-25(17-15-24)34(32,33)20-11-5-4-10-19(20)27(30)31/h1-5,8-11,22H,6-7,12-17H2. The molecule has 4 rings (SSSR count). The van der Waals surface area contributed by atoms with Crippen molar-refractivity contribution in [2.75, 3.05) is 32.7 Å². The van der Waals surface area contributed by atoms with Crippen LogP contribution in [-0.4, -0.2) is 72.0 Å². The maximum Gasteiger partial charge on any atom is 0.289 e. The van der Waals surface area contributed by atoms with E-state index in [2.05, 4.69) is 0 Å². The van der Waals surface area contributed by atoms with Crippen molar-refractivity contribution in [2.45, 2.75) is 30.2 Å². The van der Waals surface area contributed by atoms with Crippen LogP contribution >= 0.6 is 0 Å². The first kappa shape index (κ1) is 23.8. The molecule has 34 heavy (non-hydrogen) atoms. The third-order valence-corrected chi connectivity index (χ3v) is 8.20. The molecule has 2 amide bonds. The molecule has 11 heteroatoms. The van der Waals surface area contributed by atoms with Gasteiger partial charge in [-0.3, -0.25) is 19.7 Å². The Morgan fingerprint density at radius 2 is 1.56 bits per heavy atom. The fraction of sp³-hybridized carbons (Fsp3) is 0.391. The molecule has 0 aromatic heterocycles. The van der Waals surface area contributed by atoms with E-state index in [1.165, 1.54) is 22.5 Å². The molecule has 2 aromatic carbocycles. The van der Waals surface area contributed by atoms with Gasteiger partial charge in [-0.1, -0.05) is 42.5 Å². The minimum Gasteiger partial charge on any atom is -0.338 e. The van der Waals surface area contributed by atoms with E-state index in [9.17, 15) is 28.1 Å². The molecule has 0 N–H and O–H groups in total. The van der Waals surface area contributed by atoms with Gasteiger partial charge in [-0.2, -0.15) is 4.31 Å². The molecule has 2 aliphatic heterocycles. The number of hydrogen-bond donors (Lipinski definition) is 0. The van der Waals surface area contributed by atoms with E-state index < -0.39 is 26.7 Å². The molecule has 2 aromatic rings. The van der Waals surface area contributed by atoms with E-state index in [-0.39, 0.29) is 42.9 Å². The molecule has 2 heterocycles. The van der Waals surface area contributed by atoms with E-state index in [4.69, 9.17) is 0 Å². The number of likely N-dealkylation sites (tertiary alicyclic amines) is 1.